The van der Waals surface area contributed by atoms with E-state index < -0.39 is 28.0 Å². The van der Waals surface area contributed by atoms with Crippen molar-refractivity contribution in [3.05, 3.63) is 65.7 Å². The lowest BCUT2D eigenvalue weighted by atomic mass is 9.82. The molecule has 0 radical (unpaired) electrons. The Bertz CT molecular complexity index is 1140. The highest BCUT2D eigenvalue weighted by atomic mass is 28.4. The predicted octanol–water partition coefficient (Wildman–Crippen LogP) is 11.3. The Labute approximate surface area is 251 Å². The average Bonchev–Trinajstić information content (AvgIpc) is 2.95. The molecule has 5 heteroatoms. The van der Waals surface area contributed by atoms with Gasteiger partial charge in [0.25, 0.3) is 8.32 Å². The number of hydrogen-bond acceptors (Lipinski definition) is 1. The van der Waals surface area contributed by atoms with Crippen molar-refractivity contribution in [3.8, 4) is 5.75 Å². The Balaban J connectivity index is 1.30. The van der Waals surface area contributed by atoms with E-state index in [2.05, 4.69) is 64.1 Å². The SMILES string of the molecule is CCCCC[Si]1(c2ccccc2)CCC(CCC2CC=C(c3cc(F)c(O[Si](C)(C)C(C)(C)C)c(F)c3)CC2)CC1. The molecular weight excluding hydrogens is 543 g/mol. The van der Waals surface area contributed by atoms with Gasteiger partial charge in [-0.2, -0.15) is 0 Å². The fraction of sp³-hybridized carbons (Fsp3) is 0.611. The van der Waals surface area contributed by atoms with Gasteiger partial charge in [0.05, 0.1) is 8.07 Å². The first-order valence-corrected chi connectivity index (χ1v) is 21.9. The van der Waals surface area contributed by atoms with Gasteiger partial charge in [-0.25, -0.2) is 8.78 Å². The second-order valence-corrected chi connectivity index (χ2v) is 24.0. The maximum atomic E-state index is 15.1. The normalized spacial score (nSPS) is 23.8. The Morgan fingerprint density at radius 1 is 0.902 bits per heavy atom. The third kappa shape index (κ3) is 8.01. The van der Waals surface area contributed by atoms with Gasteiger partial charge in [0.15, 0.2) is 17.4 Å². The van der Waals surface area contributed by atoms with Gasteiger partial charge >= 0.3 is 0 Å². The highest BCUT2D eigenvalue weighted by Crippen LogP contribution is 2.42. The lowest BCUT2D eigenvalue weighted by Gasteiger charge is -2.40. The van der Waals surface area contributed by atoms with Crippen LogP contribution in [0.3, 0.4) is 0 Å². The number of hydrogen-bond donors (Lipinski definition) is 0. The van der Waals surface area contributed by atoms with E-state index in [-0.39, 0.29) is 10.8 Å². The first-order chi connectivity index (χ1) is 19.4. The van der Waals surface area contributed by atoms with Gasteiger partial charge in [-0.3, -0.25) is 0 Å². The number of allylic oxidation sites excluding steroid dienone is 2. The maximum Gasteiger partial charge on any atom is 0.250 e. The number of halogens is 2. The minimum atomic E-state index is -2.32. The summed E-state index contributed by atoms with van der Waals surface area (Å²) in [6.07, 6.45) is 14.8. The zero-order valence-corrected chi connectivity index (χ0v) is 28.6. The molecule has 1 unspecified atom stereocenters. The second-order valence-electron chi connectivity index (χ2n) is 14.6. The summed E-state index contributed by atoms with van der Waals surface area (Å²) in [6.45, 7) is 12.6. The van der Waals surface area contributed by atoms with Crippen LogP contribution in [0, 0.1) is 23.5 Å². The highest BCUT2D eigenvalue weighted by molar-refractivity contribution is 6.92. The first kappa shape index (κ1) is 32.2. The van der Waals surface area contributed by atoms with Crippen molar-refractivity contribution in [2.75, 3.05) is 0 Å². The minimum absolute atomic E-state index is 0.120. The summed E-state index contributed by atoms with van der Waals surface area (Å²) in [5, 5.41) is 1.58. The Morgan fingerprint density at radius 3 is 2.10 bits per heavy atom. The summed E-state index contributed by atoms with van der Waals surface area (Å²) in [4.78, 5) is 0. The van der Waals surface area contributed by atoms with E-state index in [0.29, 0.717) is 11.5 Å². The van der Waals surface area contributed by atoms with Crippen molar-refractivity contribution in [1.29, 1.82) is 0 Å². The first-order valence-electron chi connectivity index (χ1n) is 16.4. The van der Waals surface area contributed by atoms with Crippen LogP contribution in [0.5, 0.6) is 5.75 Å². The fourth-order valence-corrected chi connectivity index (χ4v) is 13.2. The Morgan fingerprint density at radius 2 is 1.54 bits per heavy atom. The molecule has 2 aromatic carbocycles. The molecule has 1 heterocycles. The molecule has 4 rings (SSSR count). The predicted molar refractivity (Wildman–Crippen MR) is 177 cm³/mol. The van der Waals surface area contributed by atoms with E-state index in [9.17, 15) is 0 Å². The number of unbranched alkanes of at least 4 members (excludes halogenated alkanes) is 2. The van der Waals surface area contributed by atoms with Crippen LogP contribution in [-0.2, 0) is 0 Å². The van der Waals surface area contributed by atoms with Crippen LogP contribution in [0.4, 0.5) is 8.78 Å². The van der Waals surface area contributed by atoms with Gasteiger partial charge in [-0.1, -0.05) is 126 Å². The van der Waals surface area contributed by atoms with Crippen LogP contribution < -0.4 is 9.61 Å². The Kier molecular flexibility index (Phi) is 10.8. The lowest BCUT2D eigenvalue weighted by Crippen LogP contribution is -2.50. The lowest BCUT2D eigenvalue weighted by molar-refractivity contribution is 0.352. The molecule has 1 aliphatic heterocycles. The second kappa shape index (κ2) is 13.7. The van der Waals surface area contributed by atoms with Crippen LogP contribution in [-0.4, -0.2) is 16.4 Å². The van der Waals surface area contributed by atoms with E-state index in [0.717, 1.165) is 30.8 Å². The van der Waals surface area contributed by atoms with Gasteiger partial charge < -0.3 is 4.43 Å². The molecule has 1 nitrogen and oxygen atoms in total. The molecule has 0 spiro atoms. The molecule has 0 saturated carbocycles. The standard InChI is InChI=1S/C36H54F2OSi2/c1-7-8-12-23-41(32-13-10-9-11-14-32)24-21-29(22-25-41)16-15-28-17-19-30(20-18-28)31-26-33(37)35(34(38)27-31)39-40(5,6)36(2,3)4/h9-11,13-14,19,26-29H,7-8,12,15-18,20-25H2,1-6H3. The van der Waals surface area contributed by atoms with Crippen LogP contribution in [0.15, 0.2) is 48.5 Å². The van der Waals surface area contributed by atoms with E-state index in [1.165, 1.54) is 75.2 Å². The Hall–Kier alpha value is -1.73. The molecule has 41 heavy (non-hydrogen) atoms. The topological polar surface area (TPSA) is 9.23 Å². The smallest absolute Gasteiger partial charge is 0.250 e. The van der Waals surface area contributed by atoms with Crippen LogP contribution in [0.2, 0.25) is 36.3 Å². The van der Waals surface area contributed by atoms with Crippen molar-refractivity contribution in [3.63, 3.8) is 0 Å². The zero-order chi connectivity index (χ0) is 29.7. The molecule has 0 amide bonds. The molecule has 1 saturated heterocycles. The van der Waals surface area contributed by atoms with Gasteiger partial charge in [-0.05, 0) is 78.9 Å². The minimum Gasteiger partial charge on any atom is -0.540 e. The average molecular weight is 597 g/mol. The van der Waals surface area contributed by atoms with Crippen LogP contribution in [0.1, 0.15) is 97.5 Å². The van der Waals surface area contributed by atoms with Crippen LogP contribution in [0.25, 0.3) is 5.57 Å². The van der Waals surface area contributed by atoms with E-state index >= 15 is 8.78 Å². The van der Waals surface area contributed by atoms with Crippen molar-refractivity contribution < 1.29 is 13.2 Å². The summed E-state index contributed by atoms with van der Waals surface area (Å²) < 4.78 is 36.2. The van der Waals surface area contributed by atoms with Crippen molar-refractivity contribution >= 4 is 27.2 Å². The quantitative estimate of drug-likeness (QED) is 0.185. The molecule has 1 aliphatic carbocycles. The summed E-state index contributed by atoms with van der Waals surface area (Å²) in [7, 11) is -3.69. The number of rotatable bonds is 11. The van der Waals surface area contributed by atoms with Gasteiger partial charge in [0, 0.05) is 0 Å². The van der Waals surface area contributed by atoms with E-state index in [1.54, 1.807) is 5.19 Å². The molecular formula is C36H54F2OSi2. The molecule has 0 bridgehead atoms. The summed E-state index contributed by atoms with van der Waals surface area (Å²) in [5.41, 5.74) is 1.76. The molecule has 1 fully saturated rings. The summed E-state index contributed by atoms with van der Waals surface area (Å²) >= 11 is 0. The van der Waals surface area contributed by atoms with Crippen molar-refractivity contribution in [2.24, 2.45) is 11.8 Å². The zero-order valence-electron chi connectivity index (χ0n) is 26.6. The van der Waals surface area contributed by atoms with Gasteiger partial charge in [0.2, 0.25) is 0 Å². The van der Waals surface area contributed by atoms with Crippen molar-refractivity contribution in [2.45, 2.75) is 128 Å². The fourth-order valence-electron chi connectivity index (χ4n) is 6.84. The molecule has 2 aliphatic rings. The number of benzene rings is 2. The molecule has 0 N–H and O–H groups in total. The summed E-state index contributed by atoms with van der Waals surface area (Å²) in [6, 6.07) is 18.9. The van der Waals surface area contributed by atoms with Gasteiger partial charge in [-0.15, -0.1) is 0 Å². The third-order valence-corrected chi connectivity index (χ3v) is 20.4. The highest BCUT2D eigenvalue weighted by Gasteiger charge is 2.41. The molecule has 0 aromatic heterocycles. The van der Waals surface area contributed by atoms with E-state index in [1.807, 2.05) is 13.1 Å². The largest absolute Gasteiger partial charge is 0.540 e. The molecule has 226 valence electrons. The van der Waals surface area contributed by atoms with Crippen LogP contribution >= 0.6 is 0 Å². The molecule has 1 atom stereocenters. The van der Waals surface area contributed by atoms with E-state index in [4.69, 9.17) is 4.43 Å². The van der Waals surface area contributed by atoms with Gasteiger partial charge in [0.1, 0.15) is 0 Å². The molecule has 2 aromatic rings. The maximum absolute atomic E-state index is 15.1. The van der Waals surface area contributed by atoms with Crippen molar-refractivity contribution in [1.82, 2.24) is 0 Å². The monoisotopic (exact) mass is 596 g/mol. The summed E-state index contributed by atoms with van der Waals surface area (Å²) in [5.74, 6) is 0.210. The third-order valence-electron chi connectivity index (χ3n) is 10.7.